The third-order valence-corrected chi connectivity index (χ3v) is 13.7. The largest absolute Gasteiger partial charge is 0.508 e. The van der Waals surface area contributed by atoms with Crippen molar-refractivity contribution in [1.29, 1.82) is 0 Å². The minimum absolute atomic E-state index is 0.101. The second kappa shape index (κ2) is 37.3. The van der Waals surface area contributed by atoms with Crippen LogP contribution in [-0.2, 0) is 9.59 Å². The molecule has 1 fully saturated rings. The fraction of sp³-hybridized carbons (Fsp3) is 0.0779. The Hall–Kier alpha value is -12.1. The Morgan fingerprint density at radius 3 is 1.25 bits per heavy atom. The maximum absolute atomic E-state index is 12.0. The number of terminal acetylenes is 1. The number of carbonyl (C=O) groups is 4. The van der Waals surface area contributed by atoms with E-state index in [0.29, 0.717) is 56.7 Å². The summed E-state index contributed by atoms with van der Waals surface area (Å²) >= 11 is 7.74. The number of aromatic nitrogens is 7. The van der Waals surface area contributed by atoms with Gasteiger partial charge in [0.1, 0.15) is 34.5 Å². The van der Waals surface area contributed by atoms with E-state index in [2.05, 4.69) is 104 Å². The molecule has 16 nitrogen and oxygen atoms in total. The lowest BCUT2D eigenvalue weighted by Crippen LogP contribution is -2.21. The van der Waals surface area contributed by atoms with E-state index in [0.717, 1.165) is 71.6 Å². The number of hydrogen-bond acceptors (Lipinski definition) is 15. The van der Waals surface area contributed by atoms with Gasteiger partial charge < -0.3 is 19.7 Å². The highest BCUT2D eigenvalue weighted by molar-refractivity contribution is 14.1. The highest BCUT2D eigenvalue weighted by atomic mass is 127. The number of halogens is 2. The number of imide groups is 1. The highest BCUT2D eigenvalue weighted by Crippen LogP contribution is 2.34. The van der Waals surface area contributed by atoms with Gasteiger partial charge in [-0.1, -0.05) is 53.0 Å². The first-order valence-corrected chi connectivity index (χ1v) is 30.2. The summed E-state index contributed by atoms with van der Waals surface area (Å²) in [5.41, 5.74) is 11.5. The van der Waals surface area contributed by atoms with Gasteiger partial charge in [-0.15, -0.1) is 6.42 Å². The van der Waals surface area contributed by atoms with Crippen molar-refractivity contribution in [3.05, 3.63) is 313 Å². The number of ether oxygens (including phenoxy) is 2. The molecular formula is C77H58ClIN8O8. The Kier molecular flexibility index (Phi) is 27.6. The molecule has 3 N–H and O–H groups in total. The van der Waals surface area contributed by atoms with Gasteiger partial charge in [0.15, 0.2) is 12.6 Å². The van der Waals surface area contributed by atoms with Crippen LogP contribution in [0.5, 0.6) is 34.5 Å². The summed E-state index contributed by atoms with van der Waals surface area (Å²) in [5.74, 6) is 22.6. The first-order valence-electron chi connectivity index (χ1n) is 28.8. The van der Waals surface area contributed by atoms with Gasteiger partial charge in [-0.2, -0.15) is 0 Å². The number of aryl methyl sites for hydroxylation is 4. The normalized spacial score (nSPS) is 11.1. The number of rotatable bonds is 7. The minimum atomic E-state index is -0.583. The lowest BCUT2D eigenvalue weighted by atomic mass is 9.98. The summed E-state index contributed by atoms with van der Waals surface area (Å²) in [7, 11) is 0. The van der Waals surface area contributed by atoms with Crippen molar-refractivity contribution in [3.63, 3.8) is 0 Å². The number of phenols is 2. The van der Waals surface area contributed by atoms with Crippen molar-refractivity contribution in [1.82, 2.24) is 40.2 Å². The van der Waals surface area contributed by atoms with Gasteiger partial charge in [0.2, 0.25) is 11.8 Å². The molecule has 12 rings (SSSR count). The zero-order valence-electron chi connectivity index (χ0n) is 51.6. The lowest BCUT2D eigenvalue weighted by molar-refractivity contribution is -0.125. The molecule has 7 aromatic heterocycles. The van der Waals surface area contributed by atoms with Crippen LogP contribution in [-0.4, -0.2) is 69.5 Å². The van der Waals surface area contributed by atoms with Crippen LogP contribution >= 0.6 is 34.2 Å². The van der Waals surface area contributed by atoms with E-state index in [1.165, 1.54) is 18.6 Å². The molecule has 4 aromatic carbocycles. The van der Waals surface area contributed by atoms with Crippen molar-refractivity contribution in [3.8, 4) is 82.4 Å². The van der Waals surface area contributed by atoms with Crippen molar-refractivity contribution in [2.45, 2.75) is 40.0 Å². The van der Waals surface area contributed by atoms with E-state index in [1.54, 1.807) is 98.0 Å². The van der Waals surface area contributed by atoms with Gasteiger partial charge in [-0.25, -0.2) is 0 Å². The summed E-state index contributed by atoms with van der Waals surface area (Å²) in [6, 6.07) is 48.6. The number of nitrogens with zero attached hydrogens (tertiary/aromatic N) is 7. The van der Waals surface area contributed by atoms with Crippen LogP contribution in [0.25, 0.3) is 0 Å². The molecule has 0 radical (unpaired) electrons. The molecule has 468 valence electrons. The topological polar surface area (TPSA) is 229 Å². The molecule has 95 heavy (non-hydrogen) atoms. The van der Waals surface area contributed by atoms with Crippen LogP contribution in [0.15, 0.2) is 226 Å². The standard InChI is InChI=1S/C23H17N3O3.C20H14N2O2.C14H11NO.C8H7N.C6H4ClNO.C6H5IO/c1-15-12-17(8-11-25-15)3-2-16-4-6-18(7-5-16)29-21-9-10-24-14-20(21)19-13-22(27)26-23(19)28;1-15-12-17(8-11-22-15)3-2-16-4-6-19(7-5-16)24-20-9-10-21-13-18(20)14-23;1-11-10-13(8-9-15-11)3-2-12-4-6-14(16)7-5-12;1-3-8-4-5-9-7(2)6-8;7-6-1-2-8-3-5(6)4-9;7-5-1-3-6(8)4-2-5/h4-12,14,19H,13H2,1H3,(H,26,27,28);4-14H,1H3;4-10,16H,1H3;1,4-6H,2H3;1-4H;1-4,8H. The molecule has 0 saturated carbocycles. The number of pyridine rings is 7. The molecule has 0 spiro atoms. The van der Waals surface area contributed by atoms with E-state index in [-0.39, 0.29) is 24.0 Å². The number of hydrogen-bond donors (Lipinski definition) is 3. The monoisotopic (exact) mass is 1380 g/mol. The number of aldehydes is 2. The first-order chi connectivity index (χ1) is 46.0. The number of phenolic OH excluding ortho intramolecular Hbond substituents is 2. The van der Waals surface area contributed by atoms with Gasteiger partial charge >= 0.3 is 0 Å². The van der Waals surface area contributed by atoms with E-state index >= 15 is 0 Å². The van der Waals surface area contributed by atoms with Crippen molar-refractivity contribution in [2.75, 3.05) is 0 Å². The van der Waals surface area contributed by atoms with Crippen molar-refractivity contribution >= 4 is 58.6 Å². The maximum Gasteiger partial charge on any atom is 0.234 e. The van der Waals surface area contributed by atoms with Crippen LogP contribution in [0.3, 0.4) is 0 Å². The van der Waals surface area contributed by atoms with E-state index in [1.807, 2.05) is 137 Å². The molecule has 0 bridgehead atoms. The van der Waals surface area contributed by atoms with Crippen LogP contribution in [0.1, 0.15) is 100 Å². The summed E-state index contributed by atoms with van der Waals surface area (Å²) < 4.78 is 12.8. The molecule has 0 aliphatic carbocycles. The van der Waals surface area contributed by atoms with E-state index < -0.39 is 5.92 Å². The molecule has 1 atom stereocenters. The van der Waals surface area contributed by atoms with Crippen LogP contribution in [0.2, 0.25) is 5.02 Å². The Morgan fingerprint density at radius 2 is 0.863 bits per heavy atom. The SMILES string of the molecule is C#Cc1ccnc(C)c1.Cc1cc(C#Cc2ccc(O)cc2)ccn1.Cc1cc(C#Cc2ccc(Oc3ccncc3C3CC(=O)NC3=O)cc2)ccn1.Cc1cc(C#Cc2ccc(Oc3ccncc3C=O)cc2)ccn1.O=Cc1cnccc1Cl.Oc1ccc(I)cc1. The number of carbonyl (C=O) groups excluding carboxylic acids is 4. The van der Waals surface area contributed by atoms with E-state index in [4.69, 9.17) is 37.7 Å². The summed E-state index contributed by atoms with van der Waals surface area (Å²) in [6.45, 7) is 7.71. The fourth-order valence-corrected chi connectivity index (χ4v) is 8.51. The van der Waals surface area contributed by atoms with Crippen LogP contribution < -0.4 is 14.8 Å². The quantitative estimate of drug-likeness (QED) is 0.0583. The Bertz CT molecular complexity index is 4650. The molecule has 2 amide bonds. The summed E-state index contributed by atoms with van der Waals surface area (Å²) in [5, 5.41) is 20.6. The zero-order chi connectivity index (χ0) is 67.7. The predicted molar refractivity (Wildman–Crippen MR) is 373 cm³/mol. The molecule has 1 aliphatic rings. The smallest absolute Gasteiger partial charge is 0.234 e. The summed E-state index contributed by atoms with van der Waals surface area (Å²) in [6.07, 6.45) is 22.7. The second-order valence-electron chi connectivity index (χ2n) is 20.0. The predicted octanol–water partition coefficient (Wildman–Crippen LogP) is 14.3. The van der Waals surface area contributed by atoms with Gasteiger partial charge in [0.05, 0.1) is 22.1 Å². The second-order valence-corrected chi connectivity index (χ2v) is 21.7. The van der Waals surface area contributed by atoms with Gasteiger partial charge in [0, 0.05) is 139 Å². The Balaban J connectivity index is 0.000000173. The van der Waals surface area contributed by atoms with Gasteiger partial charge in [-0.05, 0) is 214 Å². The minimum Gasteiger partial charge on any atom is -0.508 e. The third kappa shape index (κ3) is 24.5. The number of aromatic hydroxyl groups is 2. The van der Waals surface area contributed by atoms with Crippen molar-refractivity contribution in [2.24, 2.45) is 0 Å². The fourth-order valence-electron chi connectivity index (χ4n) is 8.00. The van der Waals surface area contributed by atoms with E-state index in [9.17, 15) is 19.2 Å². The number of nitrogens with one attached hydrogen (secondary N) is 1. The average Bonchev–Trinajstić information content (AvgIpc) is 1.78. The molecule has 18 heteroatoms. The zero-order valence-corrected chi connectivity index (χ0v) is 54.5. The van der Waals surface area contributed by atoms with Crippen LogP contribution in [0.4, 0.5) is 0 Å². The maximum atomic E-state index is 12.0. The highest BCUT2D eigenvalue weighted by Gasteiger charge is 2.34. The number of amides is 2. The molecule has 8 heterocycles. The Morgan fingerprint density at radius 1 is 0.484 bits per heavy atom. The van der Waals surface area contributed by atoms with Crippen molar-refractivity contribution < 1.29 is 38.9 Å². The lowest BCUT2D eigenvalue weighted by Gasteiger charge is -2.13. The number of benzene rings is 4. The summed E-state index contributed by atoms with van der Waals surface area (Å²) in [4.78, 5) is 72.7. The molecule has 1 saturated heterocycles. The van der Waals surface area contributed by atoms with Gasteiger partial charge in [-0.3, -0.25) is 59.4 Å². The molecular weight excluding hydrogens is 1330 g/mol. The molecule has 11 aromatic rings. The first kappa shape index (κ1) is 70.3. The van der Waals surface area contributed by atoms with Crippen LogP contribution in [0, 0.1) is 79.1 Å². The molecule has 1 aliphatic heterocycles. The average molecular weight is 1390 g/mol. The van der Waals surface area contributed by atoms with Gasteiger partial charge in [0.25, 0.3) is 0 Å². The Labute approximate surface area is 569 Å². The molecule has 1 unspecified atom stereocenters. The third-order valence-electron chi connectivity index (χ3n) is 12.7.